The number of nitrogens with zero attached hydrogens (tertiary/aromatic N) is 1. The molecule has 1 aliphatic carbocycles. The number of benzene rings is 1. The smallest absolute Gasteiger partial charge is 0.323 e. The highest BCUT2D eigenvalue weighted by Gasteiger charge is 2.55. The van der Waals surface area contributed by atoms with Crippen LogP contribution in [0.2, 0.25) is 0 Å². The first-order valence-electron chi connectivity index (χ1n) is 9.58. The third kappa shape index (κ3) is 3.30. The molecule has 4 rings (SSSR count). The van der Waals surface area contributed by atoms with Crippen molar-refractivity contribution in [2.24, 2.45) is 11.8 Å². The van der Waals surface area contributed by atoms with E-state index in [0.29, 0.717) is 18.9 Å². The summed E-state index contributed by atoms with van der Waals surface area (Å²) in [6.07, 6.45) is 5.67. The minimum absolute atomic E-state index is 0.0206. The molecule has 0 spiro atoms. The summed E-state index contributed by atoms with van der Waals surface area (Å²) in [4.78, 5) is 27.4. The summed E-state index contributed by atoms with van der Waals surface area (Å²) in [5.74, 6) is 0.762. The largest absolute Gasteiger partial charge is 0.325 e. The van der Waals surface area contributed by atoms with Crippen LogP contribution < -0.4 is 10.6 Å². The molecule has 2 saturated heterocycles. The van der Waals surface area contributed by atoms with Crippen molar-refractivity contribution in [2.45, 2.75) is 44.1 Å². The summed E-state index contributed by atoms with van der Waals surface area (Å²) in [6, 6.07) is 10.1. The Bertz CT molecular complexity index is 638. The maximum atomic E-state index is 13.3. The molecule has 2 heterocycles. The normalized spacial score (nSPS) is 27.6. The Morgan fingerprint density at radius 3 is 2.44 bits per heavy atom. The average molecular weight is 341 g/mol. The van der Waals surface area contributed by atoms with Gasteiger partial charge in [0.15, 0.2) is 0 Å². The molecule has 2 aliphatic heterocycles. The van der Waals surface area contributed by atoms with Gasteiger partial charge in [-0.2, -0.15) is 0 Å². The zero-order valence-electron chi connectivity index (χ0n) is 14.7. The van der Waals surface area contributed by atoms with Crippen molar-refractivity contribution >= 4 is 11.9 Å². The maximum absolute atomic E-state index is 13.3. The van der Waals surface area contributed by atoms with Gasteiger partial charge in [-0.25, -0.2) is 4.79 Å². The summed E-state index contributed by atoms with van der Waals surface area (Å²) in [5, 5.41) is 6.52. The van der Waals surface area contributed by atoms with Gasteiger partial charge in [0.1, 0.15) is 5.54 Å². The second kappa shape index (κ2) is 6.79. The predicted octanol–water partition coefficient (Wildman–Crippen LogP) is 2.32. The lowest BCUT2D eigenvalue weighted by molar-refractivity contribution is -0.134. The Hall–Kier alpha value is -1.88. The van der Waals surface area contributed by atoms with E-state index in [-0.39, 0.29) is 17.9 Å². The molecule has 3 amide bonds. The van der Waals surface area contributed by atoms with Gasteiger partial charge in [-0.15, -0.1) is 0 Å². The van der Waals surface area contributed by atoms with Crippen molar-refractivity contribution < 1.29 is 9.59 Å². The number of carbonyl (C=O) groups excluding carboxylic acids is 2. The van der Waals surface area contributed by atoms with E-state index >= 15 is 0 Å². The third-order valence-electron chi connectivity index (χ3n) is 6.03. The zero-order chi connectivity index (χ0) is 17.3. The molecule has 3 fully saturated rings. The Kier molecular flexibility index (Phi) is 4.50. The van der Waals surface area contributed by atoms with Crippen LogP contribution in [-0.4, -0.2) is 42.0 Å². The molecule has 1 atom stereocenters. The monoisotopic (exact) mass is 341 g/mol. The molecule has 0 radical (unpaired) electrons. The summed E-state index contributed by atoms with van der Waals surface area (Å²) < 4.78 is 0. The molecule has 0 bridgehead atoms. The first kappa shape index (κ1) is 16.6. The molecule has 1 aromatic carbocycles. The van der Waals surface area contributed by atoms with Crippen molar-refractivity contribution in [1.29, 1.82) is 0 Å². The minimum atomic E-state index is -0.718. The van der Waals surface area contributed by atoms with Gasteiger partial charge in [0, 0.05) is 6.54 Å². The van der Waals surface area contributed by atoms with Crippen LogP contribution in [0.5, 0.6) is 0 Å². The van der Waals surface area contributed by atoms with Crippen LogP contribution in [0.15, 0.2) is 30.3 Å². The van der Waals surface area contributed by atoms with Crippen LogP contribution >= 0.6 is 0 Å². The minimum Gasteiger partial charge on any atom is -0.323 e. The lowest BCUT2D eigenvalue weighted by Crippen LogP contribution is -2.56. The topological polar surface area (TPSA) is 61.4 Å². The molecular weight excluding hydrogens is 314 g/mol. The molecule has 1 unspecified atom stereocenters. The molecule has 5 heteroatoms. The van der Waals surface area contributed by atoms with Gasteiger partial charge >= 0.3 is 6.03 Å². The van der Waals surface area contributed by atoms with Crippen molar-refractivity contribution in [3.63, 3.8) is 0 Å². The van der Waals surface area contributed by atoms with E-state index in [1.165, 1.54) is 10.5 Å². The summed E-state index contributed by atoms with van der Waals surface area (Å²) >= 11 is 0. The average Bonchev–Trinajstić information content (AvgIpc) is 3.44. The Balaban J connectivity index is 1.57. The van der Waals surface area contributed by atoms with Crippen molar-refractivity contribution in [1.82, 2.24) is 15.5 Å². The molecule has 0 aromatic heterocycles. The number of amides is 3. The van der Waals surface area contributed by atoms with Crippen LogP contribution in [0.25, 0.3) is 0 Å². The van der Waals surface area contributed by atoms with Gasteiger partial charge in [-0.05, 0) is 69.0 Å². The Morgan fingerprint density at radius 2 is 1.76 bits per heavy atom. The van der Waals surface area contributed by atoms with Crippen LogP contribution in [0.1, 0.15) is 37.7 Å². The number of hydrogen-bond acceptors (Lipinski definition) is 3. The first-order valence-corrected chi connectivity index (χ1v) is 9.58. The third-order valence-corrected chi connectivity index (χ3v) is 6.03. The van der Waals surface area contributed by atoms with Gasteiger partial charge in [-0.1, -0.05) is 30.3 Å². The molecule has 25 heavy (non-hydrogen) atoms. The number of carbonyl (C=O) groups is 2. The van der Waals surface area contributed by atoms with Gasteiger partial charge < -0.3 is 10.6 Å². The number of aryl methyl sites for hydroxylation is 1. The highest BCUT2D eigenvalue weighted by atomic mass is 16.2. The van der Waals surface area contributed by atoms with E-state index in [9.17, 15) is 9.59 Å². The highest BCUT2D eigenvalue weighted by Crippen LogP contribution is 2.38. The van der Waals surface area contributed by atoms with Gasteiger partial charge in [-0.3, -0.25) is 9.69 Å². The predicted molar refractivity (Wildman–Crippen MR) is 96.1 cm³/mol. The number of hydrogen-bond donors (Lipinski definition) is 2. The van der Waals surface area contributed by atoms with E-state index in [2.05, 4.69) is 22.8 Å². The second-order valence-corrected chi connectivity index (χ2v) is 7.77. The van der Waals surface area contributed by atoms with E-state index in [0.717, 1.165) is 45.2 Å². The summed E-state index contributed by atoms with van der Waals surface area (Å²) in [7, 11) is 0. The van der Waals surface area contributed by atoms with Crippen molar-refractivity contribution in [3.8, 4) is 0 Å². The van der Waals surface area contributed by atoms with Crippen LogP contribution in [0.3, 0.4) is 0 Å². The van der Waals surface area contributed by atoms with E-state index < -0.39 is 5.54 Å². The molecule has 2 N–H and O–H groups in total. The molecule has 3 aliphatic rings. The van der Waals surface area contributed by atoms with Crippen LogP contribution in [-0.2, 0) is 11.2 Å². The lowest BCUT2D eigenvalue weighted by Gasteiger charge is -2.38. The molecule has 134 valence electrons. The van der Waals surface area contributed by atoms with Gasteiger partial charge in [0.2, 0.25) is 0 Å². The van der Waals surface area contributed by atoms with E-state index in [4.69, 9.17) is 0 Å². The van der Waals surface area contributed by atoms with Crippen molar-refractivity contribution in [2.75, 3.05) is 19.6 Å². The molecule has 5 nitrogen and oxygen atoms in total. The maximum Gasteiger partial charge on any atom is 0.325 e. The fraction of sp³-hybridized carbons (Fsp3) is 0.600. The first-order chi connectivity index (χ1) is 12.2. The standard InChI is InChI=1S/C20H27N3O2/c24-18-20(17-9-12-21-13-10-17,11-8-15-4-2-1-3-5-15)22-19(25)23(18)14-16-6-7-16/h1-5,16-17,21H,6-14H2,(H,22,25). The van der Waals surface area contributed by atoms with Crippen LogP contribution in [0.4, 0.5) is 4.79 Å². The highest BCUT2D eigenvalue weighted by molar-refractivity contribution is 6.07. The fourth-order valence-corrected chi connectivity index (χ4v) is 4.32. The fourth-order valence-electron chi connectivity index (χ4n) is 4.32. The SMILES string of the molecule is O=C1NC(CCc2ccccc2)(C2CCNCC2)C(=O)N1CC1CC1. The van der Waals surface area contributed by atoms with E-state index in [1.807, 2.05) is 18.2 Å². The number of rotatable bonds is 6. The number of imide groups is 1. The quantitative estimate of drug-likeness (QED) is 0.781. The number of urea groups is 1. The molecule has 1 aromatic rings. The summed E-state index contributed by atoms with van der Waals surface area (Å²) in [5.41, 5.74) is 0.502. The van der Waals surface area contributed by atoms with Crippen molar-refractivity contribution in [3.05, 3.63) is 35.9 Å². The molecular formula is C20H27N3O2. The zero-order valence-corrected chi connectivity index (χ0v) is 14.7. The summed E-state index contributed by atoms with van der Waals surface area (Å²) in [6.45, 7) is 2.44. The molecule has 1 saturated carbocycles. The Labute approximate surface area is 149 Å². The van der Waals surface area contributed by atoms with Gasteiger partial charge in [0.05, 0.1) is 0 Å². The lowest BCUT2D eigenvalue weighted by atomic mass is 9.74. The van der Waals surface area contributed by atoms with E-state index in [1.54, 1.807) is 0 Å². The number of piperidine rings is 1. The Morgan fingerprint density at radius 1 is 1.04 bits per heavy atom. The van der Waals surface area contributed by atoms with Crippen LogP contribution in [0, 0.1) is 11.8 Å². The van der Waals surface area contributed by atoms with Gasteiger partial charge in [0.25, 0.3) is 5.91 Å². The second-order valence-electron chi connectivity index (χ2n) is 7.77. The number of nitrogens with one attached hydrogen (secondary N) is 2.